The topological polar surface area (TPSA) is 116 Å². The number of carbonyl (C=O) groups is 2. The molecule has 0 saturated carbocycles. The molecule has 1 rings (SSSR count). The summed E-state index contributed by atoms with van der Waals surface area (Å²) in [6.45, 7) is 1.65. The van der Waals surface area contributed by atoms with E-state index >= 15 is 0 Å². The average Bonchev–Trinajstić information content (AvgIpc) is 2.39. The molecule has 0 aromatic carbocycles. The molecule has 1 saturated heterocycles. The first-order valence-electron chi connectivity index (χ1n) is 6.97. The van der Waals surface area contributed by atoms with E-state index in [2.05, 4.69) is 10.0 Å². The lowest BCUT2D eigenvalue weighted by molar-refractivity contribution is -0.137. The van der Waals surface area contributed by atoms with E-state index < -0.39 is 16.0 Å². The lowest BCUT2D eigenvalue weighted by Gasteiger charge is -2.31. The average molecular weight is 321 g/mol. The Morgan fingerprint density at radius 2 is 1.90 bits per heavy atom. The first kappa shape index (κ1) is 17.9. The van der Waals surface area contributed by atoms with Crippen LogP contribution >= 0.6 is 0 Å². The van der Waals surface area contributed by atoms with Crippen LogP contribution in [0.2, 0.25) is 0 Å². The number of carboxylic acid groups (broad SMARTS) is 1. The number of nitrogens with zero attached hydrogens (tertiary/aromatic N) is 1. The molecule has 3 N–H and O–H groups in total. The molecule has 0 unspecified atom stereocenters. The number of carbonyl (C=O) groups excluding carboxylic acids is 1. The molecule has 0 atom stereocenters. The summed E-state index contributed by atoms with van der Waals surface area (Å²) in [6, 6.07) is -0.138. The minimum atomic E-state index is -3.43. The molecule has 122 valence electrons. The summed E-state index contributed by atoms with van der Waals surface area (Å²) < 4.78 is 26.2. The summed E-state index contributed by atoms with van der Waals surface area (Å²) in [5.74, 6) is -1.21. The van der Waals surface area contributed by atoms with Gasteiger partial charge in [0, 0.05) is 32.6 Å². The third-order valence-corrected chi connectivity index (χ3v) is 4.90. The predicted octanol–water partition coefficient (Wildman–Crippen LogP) is -1.02. The predicted molar refractivity (Wildman–Crippen MR) is 77.3 cm³/mol. The van der Waals surface area contributed by atoms with Gasteiger partial charge < -0.3 is 10.4 Å². The molecule has 0 spiro atoms. The molecule has 0 bridgehead atoms. The van der Waals surface area contributed by atoms with E-state index in [1.165, 1.54) is 0 Å². The molecular weight excluding hydrogens is 298 g/mol. The Morgan fingerprint density at radius 1 is 1.29 bits per heavy atom. The van der Waals surface area contributed by atoms with Crippen molar-refractivity contribution < 1.29 is 23.1 Å². The van der Waals surface area contributed by atoms with Gasteiger partial charge in [0.2, 0.25) is 15.9 Å². The summed E-state index contributed by atoms with van der Waals surface area (Å²) in [6.07, 6.45) is 1.26. The molecule has 1 aliphatic heterocycles. The minimum absolute atomic E-state index is 0.0531. The SMILES string of the molecule is CNC(=O)CN1CCC(NS(=O)(=O)CCCC(=O)O)CC1. The number of nitrogens with one attached hydrogen (secondary N) is 2. The number of piperidine rings is 1. The number of likely N-dealkylation sites (N-methyl/N-ethyl adjacent to an activating group) is 1. The summed E-state index contributed by atoms with van der Waals surface area (Å²) in [4.78, 5) is 23.6. The first-order valence-corrected chi connectivity index (χ1v) is 8.62. The van der Waals surface area contributed by atoms with Crippen molar-refractivity contribution in [3.05, 3.63) is 0 Å². The van der Waals surface area contributed by atoms with Crippen molar-refractivity contribution in [1.82, 2.24) is 14.9 Å². The monoisotopic (exact) mass is 321 g/mol. The number of hydrogen-bond acceptors (Lipinski definition) is 5. The molecule has 0 aliphatic carbocycles. The normalized spacial score (nSPS) is 17.6. The maximum absolute atomic E-state index is 11.8. The van der Waals surface area contributed by atoms with E-state index in [1.54, 1.807) is 7.05 Å². The number of hydrogen-bond donors (Lipinski definition) is 3. The fraction of sp³-hybridized carbons (Fsp3) is 0.833. The van der Waals surface area contributed by atoms with Gasteiger partial charge in [-0.2, -0.15) is 0 Å². The number of carboxylic acids is 1. The van der Waals surface area contributed by atoms with Crippen LogP contribution in [0.1, 0.15) is 25.7 Å². The molecule has 1 heterocycles. The number of amides is 1. The Balaban J connectivity index is 2.31. The zero-order valence-electron chi connectivity index (χ0n) is 12.2. The van der Waals surface area contributed by atoms with E-state index in [0.717, 1.165) is 0 Å². The molecule has 8 nitrogen and oxygen atoms in total. The highest BCUT2D eigenvalue weighted by molar-refractivity contribution is 7.89. The highest BCUT2D eigenvalue weighted by atomic mass is 32.2. The van der Waals surface area contributed by atoms with Crippen LogP contribution in [0.25, 0.3) is 0 Å². The van der Waals surface area contributed by atoms with E-state index in [1.807, 2.05) is 4.90 Å². The number of aliphatic carboxylic acids is 1. The van der Waals surface area contributed by atoms with Crippen LogP contribution < -0.4 is 10.0 Å². The van der Waals surface area contributed by atoms with Crippen LogP contribution in [0.5, 0.6) is 0 Å². The van der Waals surface area contributed by atoms with Crippen LogP contribution in [0.3, 0.4) is 0 Å². The van der Waals surface area contributed by atoms with Crippen molar-refractivity contribution in [2.24, 2.45) is 0 Å². The van der Waals surface area contributed by atoms with Crippen LogP contribution in [-0.4, -0.2) is 68.8 Å². The van der Waals surface area contributed by atoms with Gasteiger partial charge in [-0.25, -0.2) is 13.1 Å². The Bertz CT molecular complexity index is 458. The molecule has 0 radical (unpaired) electrons. The quantitative estimate of drug-likeness (QED) is 0.527. The smallest absolute Gasteiger partial charge is 0.303 e. The highest BCUT2D eigenvalue weighted by Crippen LogP contribution is 2.11. The first-order chi connectivity index (χ1) is 9.82. The van der Waals surface area contributed by atoms with E-state index in [9.17, 15) is 18.0 Å². The Hall–Kier alpha value is -1.19. The number of sulfonamides is 1. The maximum atomic E-state index is 11.8. The van der Waals surface area contributed by atoms with Gasteiger partial charge in [0.15, 0.2) is 0 Å². The van der Waals surface area contributed by atoms with Crippen molar-refractivity contribution >= 4 is 21.9 Å². The van der Waals surface area contributed by atoms with Crippen LogP contribution in [0.4, 0.5) is 0 Å². The molecule has 1 amide bonds. The highest BCUT2D eigenvalue weighted by Gasteiger charge is 2.24. The van der Waals surface area contributed by atoms with Crippen molar-refractivity contribution in [3.8, 4) is 0 Å². The van der Waals surface area contributed by atoms with Crippen molar-refractivity contribution in [2.45, 2.75) is 31.7 Å². The standard InChI is InChI=1S/C12H23N3O5S/c1-13-11(16)9-15-6-4-10(5-7-15)14-21(19,20)8-2-3-12(17)18/h10,14H,2-9H2,1H3,(H,13,16)(H,17,18). The molecule has 0 aromatic heterocycles. The second kappa shape index (κ2) is 8.30. The Kier molecular flexibility index (Phi) is 7.06. The fourth-order valence-electron chi connectivity index (χ4n) is 2.22. The van der Waals surface area contributed by atoms with Gasteiger partial charge in [0.05, 0.1) is 12.3 Å². The van der Waals surface area contributed by atoms with E-state index in [-0.39, 0.29) is 30.5 Å². The lowest BCUT2D eigenvalue weighted by atomic mass is 10.1. The van der Waals surface area contributed by atoms with Gasteiger partial charge in [-0.3, -0.25) is 14.5 Å². The third kappa shape index (κ3) is 7.39. The van der Waals surface area contributed by atoms with Gasteiger partial charge in [-0.15, -0.1) is 0 Å². The Morgan fingerprint density at radius 3 is 2.43 bits per heavy atom. The molecule has 1 fully saturated rings. The largest absolute Gasteiger partial charge is 0.481 e. The maximum Gasteiger partial charge on any atom is 0.303 e. The fourth-order valence-corrected chi connectivity index (χ4v) is 3.60. The lowest BCUT2D eigenvalue weighted by Crippen LogP contribution is -2.47. The van der Waals surface area contributed by atoms with Gasteiger partial charge >= 0.3 is 5.97 Å². The molecule has 1 aliphatic rings. The number of likely N-dealkylation sites (tertiary alicyclic amines) is 1. The van der Waals surface area contributed by atoms with E-state index in [4.69, 9.17) is 5.11 Å². The van der Waals surface area contributed by atoms with Crippen LogP contribution in [0.15, 0.2) is 0 Å². The molecular formula is C12H23N3O5S. The summed E-state index contributed by atoms with van der Waals surface area (Å²) in [7, 11) is -1.85. The van der Waals surface area contributed by atoms with Gasteiger partial charge in [-0.05, 0) is 19.3 Å². The second-order valence-electron chi connectivity index (χ2n) is 5.16. The molecule has 21 heavy (non-hydrogen) atoms. The van der Waals surface area contributed by atoms with Crippen LogP contribution in [0, 0.1) is 0 Å². The molecule has 0 aromatic rings. The van der Waals surface area contributed by atoms with Crippen LogP contribution in [-0.2, 0) is 19.6 Å². The van der Waals surface area contributed by atoms with Crippen molar-refractivity contribution in [2.75, 3.05) is 32.4 Å². The zero-order valence-corrected chi connectivity index (χ0v) is 13.0. The van der Waals surface area contributed by atoms with Gasteiger partial charge in [0.1, 0.15) is 0 Å². The zero-order chi connectivity index (χ0) is 15.9. The summed E-state index contributed by atoms with van der Waals surface area (Å²) in [5, 5.41) is 11.1. The third-order valence-electron chi connectivity index (χ3n) is 3.38. The Labute approximate surface area is 124 Å². The molecule has 9 heteroatoms. The number of rotatable bonds is 8. The van der Waals surface area contributed by atoms with E-state index in [0.29, 0.717) is 32.5 Å². The summed E-state index contributed by atoms with van der Waals surface area (Å²) in [5.41, 5.74) is 0. The minimum Gasteiger partial charge on any atom is -0.481 e. The second-order valence-corrected chi connectivity index (χ2v) is 7.03. The van der Waals surface area contributed by atoms with Gasteiger partial charge in [-0.1, -0.05) is 0 Å². The van der Waals surface area contributed by atoms with Crippen molar-refractivity contribution in [3.63, 3.8) is 0 Å². The summed E-state index contributed by atoms with van der Waals surface area (Å²) >= 11 is 0. The van der Waals surface area contributed by atoms with Gasteiger partial charge in [0.25, 0.3) is 0 Å². The van der Waals surface area contributed by atoms with Crippen molar-refractivity contribution in [1.29, 1.82) is 0 Å².